The van der Waals surface area contributed by atoms with E-state index in [4.69, 9.17) is 4.74 Å². The lowest BCUT2D eigenvalue weighted by molar-refractivity contribution is -0.127. The SMILES string of the molecule is CC(C)C(=O)Nc1cccc(CNC(=O)[C@@H]2Cc3ccccc3O2)c1. The van der Waals surface area contributed by atoms with Crippen LogP contribution in [0.5, 0.6) is 5.75 Å². The van der Waals surface area contributed by atoms with Crippen LogP contribution in [0.25, 0.3) is 0 Å². The predicted octanol–water partition coefficient (Wildman–Crippen LogP) is 2.90. The van der Waals surface area contributed by atoms with Gasteiger partial charge in [0.15, 0.2) is 6.10 Å². The molecule has 0 spiro atoms. The van der Waals surface area contributed by atoms with E-state index in [-0.39, 0.29) is 17.7 Å². The fourth-order valence-electron chi connectivity index (χ4n) is 2.68. The van der Waals surface area contributed by atoms with Crippen LogP contribution >= 0.6 is 0 Å². The van der Waals surface area contributed by atoms with Gasteiger partial charge >= 0.3 is 0 Å². The van der Waals surface area contributed by atoms with Crippen LogP contribution in [0.3, 0.4) is 0 Å². The first-order valence-corrected chi connectivity index (χ1v) is 8.45. The van der Waals surface area contributed by atoms with Crippen molar-refractivity contribution in [3.8, 4) is 5.75 Å². The van der Waals surface area contributed by atoms with Gasteiger partial charge in [-0.05, 0) is 29.3 Å². The zero-order chi connectivity index (χ0) is 17.8. The Morgan fingerprint density at radius 1 is 1.16 bits per heavy atom. The molecule has 5 heteroatoms. The number of para-hydroxylation sites is 1. The van der Waals surface area contributed by atoms with Crippen molar-refractivity contribution in [2.45, 2.75) is 32.9 Å². The van der Waals surface area contributed by atoms with E-state index in [0.717, 1.165) is 22.6 Å². The van der Waals surface area contributed by atoms with E-state index in [1.807, 2.05) is 62.4 Å². The average Bonchev–Trinajstić information content (AvgIpc) is 3.04. The van der Waals surface area contributed by atoms with Crippen LogP contribution in [0.1, 0.15) is 25.0 Å². The summed E-state index contributed by atoms with van der Waals surface area (Å²) < 4.78 is 5.69. The second kappa shape index (κ2) is 7.38. The van der Waals surface area contributed by atoms with Gasteiger partial charge in [0.1, 0.15) is 5.75 Å². The first-order valence-electron chi connectivity index (χ1n) is 8.45. The molecule has 2 aromatic rings. The topological polar surface area (TPSA) is 67.4 Å². The average molecular weight is 338 g/mol. The first kappa shape index (κ1) is 17.0. The maximum atomic E-state index is 12.3. The molecule has 2 amide bonds. The van der Waals surface area contributed by atoms with Crippen molar-refractivity contribution in [2.24, 2.45) is 5.92 Å². The Bertz CT molecular complexity index is 761. The monoisotopic (exact) mass is 338 g/mol. The summed E-state index contributed by atoms with van der Waals surface area (Å²) in [6.07, 6.45) is 0.105. The maximum Gasteiger partial charge on any atom is 0.261 e. The van der Waals surface area contributed by atoms with E-state index in [0.29, 0.717) is 13.0 Å². The second-order valence-electron chi connectivity index (χ2n) is 6.48. The Morgan fingerprint density at radius 2 is 1.96 bits per heavy atom. The highest BCUT2D eigenvalue weighted by molar-refractivity contribution is 5.92. The van der Waals surface area contributed by atoms with Crippen molar-refractivity contribution in [2.75, 3.05) is 5.32 Å². The number of hydrogen-bond acceptors (Lipinski definition) is 3. The molecule has 0 aromatic heterocycles. The third kappa shape index (κ3) is 4.18. The van der Waals surface area contributed by atoms with Gasteiger partial charge in [0.05, 0.1) is 0 Å². The minimum Gasteiger partial charge on any atom is -0.480 e. The largest absolute Gasteiger partial charge is 0.480 e. The molecule has 0 bridgehead atoms. The summed E-state index contributed by atoms with van der Waals surface area (Å²) in [6, 6.07) is 15.2. The minimum atomic E-state index is -0.485. The Kier molecular flexibility index (Phi) is 5.03. The Balaban J connectivity index is 1.55. The molecule has 2 aromatic carbocycles. The van der Waals surface area contributed by atoms with Crippen LogP contribution < -0.4 is 15.4 Å². The lowest BCUT2D eigenvalue weighted by Gasteiger charge is -2.12. The smallest absolute Gasteiger partial charge is 0.261 e. The van der Waals surface area contributed by atoms with Crippen molar-refractivity contribution in [1.29, 1.82) is 0 Å². The number of ether oxygens (including phenoxy) is 1. The summed E-state index contributed by atoms with van der Waals surface area (Å²) >= 11 is 0. The van der Waals surface area contributed by atoms with E-state index in [1.165, 1.54) is 0 Å². The zero-order valence-electron chi connectivity index (χ0n) is 14.4. The molecule has 1 aliphatic rings. The zero-order valence-corrected chi connectivity index (χ0v) is 14.4. The van der Waals surface area contributed by atoms with Crippen LogP contribution in [-0.4, -0.2) is 17.9 Å². The lowest BCUT2D eigenvalue weighted by Crippen LogP contribution is -2.37. The Morgan fingerprint density at radius 3 is 2.72 bits per heavy atom. The molecule has 0 unspecified atom stereocenters. The number of fused-ring (bicyclic) bond motifs is 1. The number of amides is 2. The summed E-state index contributed by atoms with van der Waals surface area (Å²) in [7, 11) is 0. The molecule has 3 rings (SSSR count). The van der Waals surface area contributed by atoms with Gasteiger partial charge in [0.2, 0.25) is 5.91 Å². The lowest BCUT2D eigenvalue weighted by atomic mass is 10.1. The van der Waals surface area contributed by atoms with Crippen LogP contribution in [0.2, 0.25) is 0 Å². The molecule has 0 fully saturated rings. The van der Waals surface area contributed by atoms with Crippen LogP contribution in [0.4, 0.5) is 5.69 Å². The number of carbonyl (C=O) groups excluding carboxylic acids is 2. The van der Waals surface area contributed by atoms with Crippen molar-refractivity contribution in [1.82, 2.24) is 5.32 Å². The number of hydrogen-bond donors (Lipinski definition) is 2. The van der Waals surface area contributed by atoms with E-state index in [2.05, 4.69) is 10.6 Å². The Hall–Kier alpha value is -2.82. The van der Waals surface area contributed by atoms with Gasteiger partial charge in [-0.25, -0.2) is 0 Å². The molecule has 0 saturated carbocycles. The van der Waals surface area contributed by atoms with E-state index in [1.54, 1.807) is 0 Å². The number of benzene rings is 2. The van der Waals surface area contributed by atoms with Crippen LogP contribution in [0, 0.1) is 5.92 Å². The molecule has 2 N–H and O–H groups in total. The van der Waals surface area contributed by atoms with Gasteiger partial charge in [0.25, 0.3) is 5.91 Å². The normalized spacial score (nSPS) is 15.4. The van der Waals surface area contributed by atoms with Crippen molar-refractivity contribution in [3.63, 3.8) is 0 Å². The molecule has 130 valence electrons. The highest BCUT2D eigenvalue weighted by Crippen LogP contribution is 2.28. The molecule has 25 heavy (non-hydrogen) atoms. The van der Waals surface area contributed by atoms with Crippen LogP contribution in [0.15, 0.2) is 48.5 Å². The minimum absolute atomic E-state index is 0.0293. The number of carbonyl (C=O) groups is 2. The second-order valence-corrected chi connectivity index (χ2v) is 6.48. The quantitative estimate of drug-likeness (QED) is 0.881. The summed E-state index contributed by atoms with van der Waals surface area (Å²) in [5, 5.41) is 5.76. The van der Waals surface area contributed by atoms with Crippen LogP contribution in [-0.2, 0) is 22.6 Å². The molecule has 1 heterocycles. The highest BCUT2D eigenvalue weighted by atomic mass is 16.5. The first-order chi connectivity index (χ1) is 12.0. The maximum absolute atomic E-state index is 12.3. The molecule has 0 saturated heterocycles. The molecule has 0 radical (unpaired) electrons. The van der Waals surface area contributed by atoms with Gasteiger partial charge in [-0.1, -0.05) is 44.2 Å². The number of nitrogens with one attached hydrogen (secondary N) is 2. The van der Waals surface area contributed by atoms with E-state index >= 15 is 0 Å². The number of rotatable bonds is 5. The third-order valence-corrected chi connectivity index (χ3v) is 4.13. The van der Waals surface area contributed by atoms with E-state index in [9.17, 15) is 9.59 Å². The standard InChI is InChI=1S/C20H22N2O3/c1-13(2)19(23)22-16-8-5-6-14(10-16)12-21-20(24)18-11-15-7-3-4-9-17(15)25-18/h3-10,13,18H,11-12H2,1-2H3,(H,21,24)(H,22,23)/t18-/m0/s1. The summed E-state index contributed by atoms with van der Waals surface area (Å²) in [6.45, 7) is 4.08. The van der Waals surface area contributed by atoms with Gasteiger partial charge in [0, 0.05) is 24.6 Å². The highest BCUT2D eigenvalue weighted by Gasteiger charge is 2.28. The summed E-state index contributed by atoms with van der Waals surface area (Å²) in [5.41, 5.74) is 2.71. The van der Waals surface area contributed by atoms with Gasteiger partial charge in [-0.15, -0.1) is 0 Å². The molecular formula is C20H22N2O3. The predicted molar refractivity (Wildman–Crippen MR) is 96.3 cm³/mol. The van der Waals surface area contributed by atoms with Gasteiger partial charge in [-0.3, -0.25) is 9.59 Å². The fourth-order valence-corrected chi connectivity index (χ4v) is 2.68. The molecule has 1 aliphatic heterocycles. The summed E-state index contributed by atoms with van der Waals surface area (Å²) in [5.74, 6) is 0.539. The fraction of sp³-hybridized carbons (Fsp3) is 0.300. The van der Waals surface area contributed by atoms with Crippen molar-refractivity contribution >= 4 is 17.5 Å². The number of anilines is 1. The van der Waals surface area contributed by atoms with E-state index < -0.39 is 6.10 Å². The summed E-state index contributed by atoms with van der Waals surface area (Å²) in [4.78, 5) is 24.1. The molecule has 5 nitrogen and oxygen atoms in total. The third-order valence-electron chi connectivity index (χ3n) is 4.13. The molecular weight excluding hydrogens is 316 g/mol. The Labute approximate surface area is 147 Å². The van der Waals surface area contributed by atoms with Gasteiger partial charge < -0.3 is 15.4 Å². The molecule has 1 atom stereocenters. The van der Waals surface area contributed by atoms with Crippen molar-refractivity contribution in [3.05, 3.63) is 59.7 Å². The van der Waals surface area contributed by atoms with Crippen molar-refractivity contribution < 1.29 is 14.3 Å². The molecule has 0 aliphatic carbocycles. The van der Waals surface area contributed by atoms with Gasteiger partial charge in [-0.2, -0.15) is 0 Å².